The molecule has 2 aromatic carbocycles. The molecule has 7 heteroatoms. The highest BCUT2D eigenvalue weighted by molar-refractivity contribution is 6.30. The van der Waals surface area contributed by atoms with Crippen LogP contribution in [0.15, 0.2) is 59.0 Å². The van der Waals surface area contributed by atoms with E-state index < -0.39 is 0 Å². The first-order valence-corrected chi connectivity index (χ1v) is 9.73. The Bertz CT molecular complexity index is 936. The van der Waals surface area contributed by atoms with Gasteiger partial charge in [-0.05, 0) is 30.2 Å². The Morgan fingerprint density at radius 2 is 1.75 bits per heavy atom. The fourth-order valence-corrected chi connectivity index (χ4v) is 3.50. The van der Waals surface area contributed by atoms with E-state index in [1.165, 1.54) is 5.56 Å². The van der Waals surface area contributed by atoms with E-state index in [1.807, 2.05) is 42.5 Å². The summed E-state index contributed by atoms with van der Waals surface area (Å²) in [5.74, 6) is 0.355. The van der Waals surface area contributed by atoms with E-state index in [0.29, 0.717) is 30.4 Å². The fraction of sp³-hybridized carbons (Fsp3) is 0.286. The van der Waals surface area contributed by atoms with Crippen molar-refractivity contribution < 1.29 is 9.21 Å². The van der Waals surface area contributed by atoms with E-state index in [1.54, 1.807) is 4.90 Å². The number of aryl methyl sites for hydroxylation is 2. The Morgan fingerprint density at radius 1 is 0.964 bits per heavy atom. The molecule has 0 aliphatic carbocycles. The maximum atomic E-state index is 12.7. The van der Waals surface area contributed by atoms with Gasteiger partial charge in [-0.3, -0.25) is 4.79 Å². The zero-order valence-corrected chi connectivity index (χ0v) is 16.2. The summed E-state index contributed by atoms with van der Waals surface area (Å²) in [6.45, 7) is 2.68. The Hall–Kier alpha value is -2.86. The summed E-state index contributed by atoms with van der Waals surface area (Å²) in [4.78, 5) is 16.7. The number of halogens is 1. The van der Waals surface area contributed by atoms with Crippen LogP contribution in [-0.4, -0.2) is 47.2 Å². The summed E-state index contributed by atoms with van der Waals surface area (Å²) in [5.41, 5.74) is 2.27. The van der Waals surface area contributed by atoms with Crippen molar-refractivity contribution in [2.24, 2.45) is 0 Å². The van der Waals surface area contributed by atoms with Crippen LogP contribution < -0.4 is 4.90 Å². The van der Waals surface area contributed by atoms with Gasteiger partial charge in [-0.2, -0.15) is 0 Å². The van der Waals surface area contributed by atoms with Crippen LogP contribution >= 0.6 is 11.6 Å². The van der Waals surface area contributed by atoms with Crippen molar-refractivity contribution in [2.45, 2.75) is 12.8 Å². The van der Waals surface area contributed by atoms with Crippen molar-refractivity contribution in [3.05, 3.63) is 77.0 Å². The number of nitrogens with zero attached hydrogens (tertiary/aromatic N) is 4. The van der Waals surface area contributed by atoms with E-state index >= 15 is 0 Å². The predicted molar refractivity (Wildman–Crippen MR) is 108 cm³/mol. The first-order valence-electron chi connectivity index (χ1n) is 9.35. The molecule has 6 nitrogen and oxygen atoms in total. The molecule has 144 valence electrons. The third-order valence-electron chi connectivity index (χ3n) is 4.86. The number of anilines is 1. The van der Waals surface area contributed by atoms with E-state index in [2.05, 4.69) is 27.2 Å². The monoisotopic (exact) mass is 396 g/mol. The number of amides is 1. The van der Waals surface area contributed by atoms with Crippen LogP contribution in [0.25, 0.3) is 0 Å². The molecule has 0 spiro atoms. The highest BCUT2D eigenvalue weighted by atomic mass is 35.5. The van der Waals surface area contributed by atoms with Crippen molar-refractivity contribution in [3.63, 3.8) is 0 Å². The molecule has 3 aromatic rings. The standard InChI is InChI=1S/C21H21ClN4O2/c22-17-7-4-8-18(15-17)25-11-13-26(14-12-25)21(27)20-24-23-19(28-20)10-9-16-5-2-1-3-6-16/h1-8,15H,9-14H2. The van der Waals surface area contributed by atoms with Gasteiger partial charge in [-0.25, -0.2) is 0 Å². The number of hydrogen-bond acceptors (Lipinski definition) is 5. The minimum absolute atomic E-state index is 0.0688. The second kappa shape index (κ2) is 8.44. The average Bonchev–Trinajstić information content (AvgIpc) is 3.22. The number of carbonyl (C=O) groups excluding carboxylic acids is 1. The molecule has 0 saturated carbocycles. The lowest BCUT2D eigenvalue weighted by Gasteiger charge is -2.35. The van der Waals surface area contributed by atoms with E-state index in [0.717, 1.165) is 25.2 Å². The Labute approximate surface area is 168 Å². The zero-order valence-electron chi connectivity index (χ0n) is 15.4. The maximum absolute atomic E-state index is 12.7. The highest BCUT2D eigenvalue weighted by Crippen LogP contribution is 2.21. The zero-order chi connectivity index (χ0) is 19.3. The van der Waals surface area contributed by atoms with Crippen molar-refractivity contribution in [2.75, 3.05) is 31.1 Å². The molecule has 1 aliphatic heterocycles. The first-order chi connectivity index (χ1) is 13.7. The van der Waals surface area contributed by atoms with Crippen molar-refractivity contribution in [3.8, 4) is 0 Å². The van der Waals surface area contributed by atoms with Gasteiger partial charge in [0.2, 0.25) is 5.89 Å². The number of aromatic nitrogens is 2. The number of rotatable bonds is 5. The van der Waals surface area contributed by atoms with Gasteiger partial charge in [0, 0.05) is 43.3 Å². The SMILES string of the molecule is O=C(c1nnc(CCc2ccccc2)o1)N1CCN(c2cccc(Cl)c2)CC1. The molecule has 4 rings (SSSR count). The summed E-state index contributed by atoms with van der Waals surface area (Å²) < 4.78 is 5.60. The van der Waals surface area contributed by atoms with Crippen LogP contribution in [0, 0.1) is 0 Å². The Morgan fingerprint density at radius 3 is 2.50 bits per heavy atom. The van der Waals surface area contributed by atoms with Gasteiger partial charge in [0.25, 0.3) is 0 Å². The summed E-state index contributed by atoms with van der Waals surface area (Å²) in [6, 6.07) is 17.9. The normalized spacial score (nSPS) is 14.3. The second-order valence-electron chi connectivity index (χ2n) is 6.75. The molecule has 2 heterocycles. The predicted octanol–water partition coefficient (Wildman–Crippen LogP) is 3.47. The van der Waals surface area contributed by atoms with Gasteiger partial charge in [-0.1, -0.05) is 48.0 Å². The molecule has 1 saturated heterocycles. The molecule has 0 radical (unpaired) electrons. The van der Waals surface area contributed by atoms with E-state index in [4.69, 9.17) is 16.0 Å². The minimum atomic E-state index is -0.204. The third kappa shape index (κ3) is 4.34. The van der Waals surface area contributed by atoms with Crippen molar-refractivity contribution >= 4 is 23.2 Å². The molecule has 0 bridgehead atoms. The quantitative estimate of drug-likeness (QED) is 0.660. The number of hydrogen-bond donors (Lipinski definition) is 0. The summed E-state index contributed by atoms with van der Waals surface area (Å²) >= 11 is 6.07. The molecule has 0 N–H and O–H groups in total. The smallest absolute Gasteiger partial charge is 0.311 e. The summed E-state index contributed by atoms with van der Waals surface area (Å²) in [6.07, 6.45) is 1.42. The molecule has 0 atom stereocenters. The average molecular weight is 397 g/mol. The van der Waals surface area contributed by atoms with E-state index in [-0.39, 0.29) is 11.8 Å². The summed E-state index contributed by atoms with van der Waals surface area (Å²) in [5, 5.41) is 8.70. The van der Waals surface area contributed by atoms with Gasteiger partial charge in [-0.15, -0.1) is 10.2 Å². The molecule has 0 unspecified atom stereocenters. The lowest BCUT2D eigenvalue weighted by Crippen LogP contribution is -2.48. The van der Waals surface area contributed by atoms with E-state index in [9.17, 15) is 4.79 Å². The van der Waals surface area contributed by atoms with Crippen LogP contribution in [-0.2, 0) is 12.8 Å². The molecule has 1 amide bonds. The lowest BCUT2D eigenvalue weighted by atomic mass is 10.1. The van der Waals surface area contributed by atoms with Gasteiger partial charge in [0.05, 0.1) is 0 Å². The van der Waals surface area contributed by atoms with Crippen LogP contribution in [0.3, 0.4) is 0 Å². The number of benzene rings is 2. The van der Waals surface area contributed by atoms with Gasteiger partial charge < -0.3 is 14.2 Å². The number of carbonyl (C=O) groups is 1. The van der Waals surface area contributed by atoms with Gasteiger partial charge >= 0.3 is 11.8 Å². The topological polar surface area (TPSA) is 62.5 Å². The lowest BCUT2D eigenvalue weighted by molar-refractivity contribution is 0.0704. The maximum Gasteiger partial charge on any atom is 0.311 e. The van der Waals surface area contributed by atoms with Gasteiger partial charge in [0.15, 0.2) is 0 Å². The molecule has 1 fully saturated rings. The second-order valence-corrected chi connectivity index (χ2v) is 7.18. The molecule has 28 heavy (non-hydrogen) atoms. The summed E-state index contributed by atoms with van der Waals surface area (Å²) in [7, 11) is 0. The van der Waals surface area contributed by atoms with Crippen LogP contribution in [0.5, 0.6) is 0 Å². The first kappa shape index (κ1) is 18.5. The molecular weight excluding hydrogens is 376 g/mol. The molecular formula is C21H21ClN4O2. The third-order valence-corrected chi connectivity index (χ3v) is 5.10. The largest absolute Gasteiger partial charge is 0.417 e. The molecule has 1 aliphatic rings. The minimum Gasteiger partial charge on any atom is -0.417 e. The molecule has 1 aromatic heterocycles. The van der Waals surface area contributed by atoms with Crippen LogP contribution in [0.2, 0.25) is 5.02 Å². The fourth-order valence-electron chi connectivity index (χ4n) is 3.31. The van der Waals surface area contributed by atoms with Crippen LogP contribution in [0.4, 0.5) is 5.69 Å². The Balaban J connectivity index is 1.32. The van der Waals surface area contributed by atoms with Crippen molar-refractivity contribution in [1.82, 2.24) is 15.1 Å². The van der Waals surface area contributed by atoms with Crippen molar-refractivity contribution in [1.29, 1.82) is 0 Å². The number of piperazine rings is 1. The Kier molecular flexibility index (Phi) is 5.58. The highest BCUT2D eigenvalue weighted by Gasteiger charge is 2.26. The van der Waals surface area contributed by atoms with Crippen LogP contribution in [0.1, 0.15) is 22.1 Å². The van der Waals surface area contributed by atoms with Gasteiger partial charge in [0.1, 0.15) is 0 Å².